The SMILES string of the molecule is Cc1ccc(C(=O)O)c([C@@H](N)C2CCCC2)c1O.Cl. The van der Waals surface area contributed by atoms with E-state index in [4.69, 9.17) is 5.73 Å². The summed E-state index contributed by atoms with van der Waals surface area (Å²) < 4.78 is 0. The van der Waals surface area contributed by atoms with Crippen molar-refractivity contribution >= 4 is 18.4 Å². The Morgan fingerprint density at radius 1 is 1.37 bits per heavy atom. The predicted octanol–water partition coefficient (Wildman–Crippen LogP) is 3.01. The van der Waals surface area contributed by atoms with Crippen LogP contribution in [0.2, 0.25) is 0 Å². The third-order valence-electron chi connectivity index (χ3n) is 3.89. The Morgan fingerprint density at radius 2 is 1.95 bits per heavy atom. The first-order valence-corrected chi connectivity index (χ1v) is 6.33. The standard InChI is InChI=1S/C14H19NO3.ClH/c1-8-6-7-10(14(17)18)11(13(8)16)12(15)9-4-2-3-5-9;/h6-7,9,12,16H,2-5,15H2,1H3,(H,17,18);1H/t12-;/m0./s1. The third-order valence-corrected chi connectivity index (χ3v) is 3.89. The Hall–Kier alpha value is -1.26. The summed E-state index contributed by atoms with van der Waals surface area (Å²) in [5, 5.41) is 19.3. The van der Waals surface area contributed by atoms with Crippen LogP contribution in [-0.2, 0) is 0 Å². The zero-order valence-electron chi connectivity index (χ0n) is 10.9. The number of hydrogen-bond acceptors (Lipinski definition) is 3. The number of carboxylic acids is 1. The molecule has 0 bridgehead atoms. The molecule has 1 aromatic carbocycles. The van der Waals surface area contributed by atoms with Crippen molar-refractivity contribution in [3.05, 3.63) is 28.8 Å². The summed E-state index contributed by atoms with van der Waals surface area (Å²) in [5.41, 5.74) is 7.38. The third kappa shape index (κ3) is 3.01. The van der Waals surface area contributed by atoms with Gasteiger partial charge >= 0.3 is 5.97 Å². The van der Waals surface area contributed by atoms with E-state index in [1.807, 2.05) is 0 Å². The topological polar surface area (TPSA) is 83.5 Å². The summed E-state index contributed by atoms with van der Waals surface area (Å²) in [6, 6.07) is 2.75. The molecule has 0 amide bonds. The van der Waals surface area contributed by atoms with Crippen LogP contribution in [0, 0.1) is 12.8 Å². The second kappa shape index (κ2) is 6.26. The van der Waals surface area contributed by atoms with Gasteiger partial charge < -0.3 is 15.9 Å². The summed E-state index contributed by atoms with van der Waals surface area (Å²) in [6.07, 6.45) is 4.28. The largest absolute Gasteiger partial charge is 0.507 e. The van der Waals surface area contributed by atoms with E-state index < -0.39 is 12.0 Å². The molecule has 106 valence electrons. The highest BCUT2D eigenvalue weighted by Gasteiger charge is 2.29. The van der Waals surface area contributed by atoms with Crippen LogP contribution < -0.4 is 5.73 Å². The van der Waals surface area contributed by atoms with E-state index >= 15 is 0 Å². The minimum absolute atomic E-state index is 0. The van der Waals surface area contributed by atoms with Crippen molar-refractivity contribution in [3.63, 3.8) is 0 Å². The van der Waals surface area contributed by atoms with Crippen molar-refractivity contribution in [3.8, 4) is 5.75 Å². The number of phenols is 1. The Labute approximate surface area is 119 Å². The second-order valence-corrected chi connectivity index (χ2v) is 5.07. The highest BCUT2D eigenvalue weighted by atomic mass is 35.5. The first-order chi connectivity index (χ1) is 8.52. The highest BCUT2D eigenvalue weighted by molar-refractivity contribution is 5.90. The van der Waals surface area contributed by atoms with Crippen LogP contribution >= 0.6 is 12.4 Å². The van der Waals surface area contributed by atoms with Gasteiger partial charge in [0.2, 0.25) is 0 Å². The molecule has 0 unspecified atom stereocenters. The van der Waals surface area contributed by atoms with Gasteiger partial charge in [-0.1, -0.05) is 18.9 Å². The molecule has 0 aromatic heterocycles. The van der Waals surface area contributed by atoms with Crippen LogP contribution in [-0.4, -0.2) is 16.2 Å². The van der Waals surface area contributed by atoms with Gasteiger partial charge in [0.15, 0.2) is 0 Å². The van der Waals surface area contributed by atoms with Crippen LogP contribution in [0.3, 0.4) is 0 Å². The summed E-state index contributed by atoms with van der Waals surface area (Å²) in [4.78, 5) is 11.2. The maximum absolute atomic E-state index is 11.2. The molecule has 5 heteroatoms. The first-order valence-electron chi connectivity index (χ1n) is 6.33. The number of benzene rings is 1. The fourth-order valence-electron chi connectivity index (χ4n) is 2.79. The number of aromatic carboxylic acids is 1. The molecular formula is C14H20ClNO3. The van der Waals surface area contributed by atoms with Gasteiger partial charge in [0.05, 0.1) is 5.56 Å². The van der Waals surface area contributed by atoms with Crippen LogP contribution in [0.25, 0.3) is 0 Å². The van der Waals surface area contributed by atoms with E-state index in [9.17, 15) is 15.0 Å². The van der Waals surface area contributed by atoms with Gasteiger partial charge in [-0.25, -0.2) is 4.79 Å². The lowest BCUT2D eigenvalue weighted by molar-refractivity contribution is 0.0694. The fourth-order valence-corrected chi connectivity index (χ4v) is 2.79. The van der Waals surface area contributed by atoms with Gasteiger partial charge in [0.1, 0.15) is 5.75 Å². The van der Waals surface area contributed by atoms with Crippen molar-refractivity contribution in [1.82, 2.24) is 0 Å². The lowest BCUT2D eigenvalue weighted by Gasteiger charge is -2.22. The van der Waals surface area contributed by atoms with E-state index in [-0.39, 0.29) is 29.6 Å². The maximum Gasteiger partial charge on any atom is 0.336 e. The molecule has 1 saturated carbocycles. The smallest absolute Gasteiger partial charge is 0.336 e. The Balaban J connectivity index is 0.00000180. The molecule has 4 N–H and O–H groups in total. The van der Waals surface area contributed by atoms with Gasteiger partial charge in [-0.2, -0.15) is 0 Å². The Bertz CT molecular complexity index is 470. The fraction of sp³-hybridized carbons (Fsp3) is 0.500. The summed E-state index contributed by atoms with van der Waals surface area (Å²) in [7, 11) is 0. The number of rotatable bonds is 3. The molecule has 0 aliphatic heterocycles. The average Bonchev–Trinajstić information content (AvgIpc) is 2.84. The van der Waals surface area contributed by atoms with Gasteiger partial charge in [-0.3, -0.25) is 0 Å². The molecule has 4 nitrogen and oxygen atoms in total. The number of aryl methyl sites for hydroxylation is 1. The van der Waals surface area contributed by atoms with Gasteiger partial charge in [-0.15, -0.1) is 12.4 Å². The molecule has 2 rings (SSSR count). The van der Waals surface area contributed by atoms with Crippen LogP contribution in [0.15, 0.2) is 12.1 Å². The summed E-state index contributed by atoms with van der Waals surface area (Å²) >= 11 is 0. The number of nitrogens with two attached hydrogens (primary N) is 1. The summed E-state index contributed by atoms with van der Waals surface area (Å²) in [6.45, 7) is 1.76. The van der Waals surface area contributed by atoms with Crippen LogP contribution in [0.1, 0.15) is 53.2 Å². The summed E-state index contributed by atoms with van der Waals surface area (Å²) in [5.74, 6) is -0.723. The number of hydrogen-bond donors (Lipinski definition) is 3. The molecule has 0 radical (unpaired) electrons. The van der Waals surface area contributed by atoms with E-state index in [0.717, 1.165) is 25.7 Å². The Morgan fingerprint density at radius 3 is 2.47 bits per heavy atom. The van der Waals surface area contributed by atoms with E-state index in [1.165, 1.54) is 6.07 Å². The maximum atomic E-state index is 11.2. The molecule has 0 heterocycles. The lowest BCUT2D eigenvalue weighted by atomic mass is 9.87. The molecule has 1 aliphatic rings. The Kier molecular flexibility index (Phi) is 5.20. The number of halogens is 1. The minimum atomic E-state index is -1.03. The van der Waals surface area contributed by atoms with Gasteiger partial charge in [0, 0.05) is 11.6 Å². The zero-order chi connectivity index (χ0) is 13.3. The average molecular weight is 286 g/mol. The van der Waals surface area contributed by atoms with E-state index in [0.29, 0.717) is 11.1 Å². The van der Waals surface area contributed by atoms with Gasteiger partial charge in [0.25, 0.3) is 0 Å². The molecule has 0 spiro atoms. The van der Waals surface area contributed by atoms with Gasteiger partial charge in [-0.05, 0) is 37.3 Å². The number of carboxylic acid groups (broad SMARTS) is 1. The van der Waals surface area contributed by atoms with Crippen molar-refractivity contribution in [1.29, 1.82) is 0 Å². The predicted molar refractivity (Wildman–Crippen MR) is 75.9 cm³/mol. The number of phenolic OH excluding ortho intramolecular Hbond substituents is 1. The van der Waals surface area contributed by atoms with Crippen LogP contribution in [0.4, 0.5) is 0 Å². The molecule has 0 saturated heterocycles. The van der Waals surface area contributed by atoms with Crippen molar-refractivity contribution < 1.29 is 15.0 Å². The molecule has 1 atom stereocenters. The molecule has 1 aromatic rings. The van der Waals surface area contributed by atoms with E-state index in [2.05, 4.69) is 0 Å². The first kappa shape index (κ1) is 15.8. The van der Waals surface area contributed by atoms with E-state index in [1.54, 1.807) is 13.0 Å². The van der Waals surface area contributed by atoms with Crippen LogP contribution in [0.5, 0.6) is 5.75 Å². The quantitative estimate of drug-likeness (QED) is 0.797. The second-order valence-electron chi connectivity index (χ2n) is 5.07. The lowest BCUT2D eigenvalue weighted by Crippen LogP contribution is -2.22. The minimum Gasteiger partial charge on any atom is -0.507 e. The number of carbonyl (C=O) groups is 1. The monoisotopic (exact) mass is 285 g/mol. The molecule has 19 heavy (non-hydrogen) atoms. The molecule has 1 fully saturated rings. The number of aromatic hydroxyl groups is 1. The van der Waals surface area contributed by atoms with Crippen molar-refractivity contribution in [2.75, 3.05) is 0 Å². The molecule has 1 aliphatic carbocycles. The normalized spacial score (nSPS) is 16.9. The van der Waals surface area contributed by atoms with Crippen molar-refractivity contribution in [2.45, 2.75) is 38.6 Å². The highest BCUT2D eigenvalue weighted by Crippen LogP contribution is 2.39. The molecular weight excluding hydrogens is 266 g/mol. The zero-order valence-corrected chi connectivity index (χ0v) is 11.7. The van der Waals surface area contributed by atoms with Crippen molar-refractivity contribution in [2.24, 2.45) is 11.7 Å².